The third-order valence-corrected chi connectivity index (χ3v) is 2.35. The van der Waals surface area contributed by atoms with Crippen molar-refractivity contribution in [2.75, 3.05) is 13.1 Å². The normalized spacial score (nSPS) is 13.4. The zero-order valence-electron chi connectivity index (χ0n) is 10.2. The lowest BCUT2D eigenvalue weighted by Gasteiger charge is -2.14. The van der Waals surface area contributed by atoms with Gasteiger partial charge in [0.1, 0.15) is 12.2 Å². The Labute approximate surface area is 92.1 Å². The fourth-order valence-corrected chi connectivity index (χ4v) is 1.63. The van der Waals surface area contributed by atoms with E-state index in [9.17, 15) is 0 Å². The van der Waals surface area contributed by atoms with Crippen LogP contribution in [0.2, 0.25) is 0 Å². The first-order valence-electron chi connectivity index (χ1n) is 5.73. The molecule has 15 heavy (non-hydrogen) atoms. The smallest absolute Gasteiger partial charge is 0.136 e. The Morgan fingerprint density at radius 2 is 2.13 bits per heavy atom. The number of likely N-dealkylation sites (N-methyl/N-ethyl adjacent to an activating group) is 1. The lowest BCUT2D eigenvalue weighted by molar-refractivity contribution is 0.485. The largest absolute Gasteiger partial charge is 0.317 e. The van der Waals surface area contributed by atoms with Crippen molar-refractivity contribution in [1.82, 2.24) is 20.1 Å². The molecule has 4 nitrogen and oxygen atoms in total. The summed E-state index contributed by atoms with van der Waals surface area (Å²) in [6.07, 6.45) is 1.83. The van der Waals surface area contributed by atoms with Gasteiger partial charge in [-0.1, -0.05) is 27.7 Å². The number of rotatable bonds is 6. The Kier molecular flexibility index (Phi) is 4.75. The maximum Gasteiger partial charge on any atom is 0.136 e. The minimum atomic E-state index is 0.422. The molecule has 4 heteroatoms. The molecule has 0 aliphatic rings. The Balaban J connectivity index is 2.62. The number of hydrogen-bond acceptors (Lipinski definition) is 3. The molecule has 0 spiro atoms. The molecule has 1 heterocycles. The number of nitrogens with one attached hydrogen (secondary N) is 1. The molecule has 0 fully saturated rings. The monoisotopic (exact) mass is 210 g/mol. The maximum atomic E-state index is 4.20. The van der Waals surface area contributed by atoms with Crippen LogP contribution >= 0.6 is 0 Å². The van der Waals surface area contributed by atoms with Crippen molar-refractivity contribution in [1.29, 1.82) is 0 Å². The third kappa shape index (κ3) is 3.63. The Morgan fingerprint density at radius 3 is 2.73 bits per heavy atom. The fraction of sp³-hybridized carbons (Fsp3) is 0.818. The second-order valence-corrected chi connectivity index (χ2v) is 4.44. The van der Waals surface area contributed by atoms with Crippen LogP contribution in [-0.2, 0) is 6.54 Å². The van der Waals surface area contributed by atoms with Crippen LogP contribution in [-0.4, -0.2) is 27.9 Å². The first-order valence-corrected chi connectivity index (χ1v) is 5.73. The molecule has 0 amide bonds. The van der Waals surface area contributed by atoms with Crippen molar-refractivity contribution in [2.45, 2.75) is 40.2 Å². The Morgan fingerprint density at radius 1 is 1.40 bits per heavy atom. The van der Waals surface area contributed by atoms with Gasteiger partial charge in [0.25, 0.3) is 0 Å². The summed E-state index contributed by atoms with van der Waals surface area (Å²) in [4.78, 5) is 0. The van der Waals surface area contributed by atoms with Gasteiger partial charge in [0.05, 0.1) is 0 Å². The summed E-state index contributed by atoms with van der Waals surface area (Å²) in [6, 6.07) is 0. The molecule has 1 N–H and O–H groups in total. The molecule has 0 aliphatic carbocycles. The first-order chi connectivity index (χ1) is 7.15. The van der Waals surface area contributed by atoms with Crippen molar-refractivity contribution in [3.63, 3.8) is 0 Å². The Hall–Kier alpha value is -0.900. The van der Waals surface area contributed by atoms with Gasteiger partial charge in [-0.15, -0.1) is 10.2 Å². The highest BCUT2D eigenvalue weighted by Crippen LogP contribution is 2.12. The van der Waals surface area contributed by atoms with Crippen molar-refractivity contribution in [2.24, 2.45) is 5.92 Å². The number of nitrogens with zero attached hydrogens (tertiary/aromatic N) is 3. The van der Waals surface area contributed by atoms with E-state index in [1.807, 2.05) is 6.33 Å². The molecule has 0 bridgehead atoms. The molecule has 0 radical (unpaired) electrons. The van der Waals surface area contributed by atoms with Crippen LogP contribution in [0, 0.1) is 5.92 Å². The number of hydrogen-bond donors (Lipinski definition) is 1. The predicted octanol–water partition coefficient (Wildman–Crippen LogP) is 1.65. The van der Waals surface area contributed by atoms with Crippen LogP contribution in [0.25, 0.3) is 0 Å². The molecule has 1 atom stereocenters. The van der Waals surface area contributed by atoms with Gasteiger partial charge in [-0.3, -0.25) is 0 Å². The van der Waals surface area contributed by atoms with E-state index in [0.717, 1.165) is 25.5 Å². The minimum absolute atomic E-state index is 0.422. The van der Waals surface area contributed by atoms with Gasteiger partial charge in [-0.25, -0.2) is 0 Å². The number of aromatic nitrogens is 3. The SMILES string of the molecule is CCNCC(C)c1nncn1CC(C)C. The molecule has 1 aromatic heterocycles. The van der Waals surface area contributed by atoms with Gasteiger partial charge in [-0.05, 0) is 12.5 Å². The van der Waals surface area contributed by atoms with E-state index < -0.39 is 0 Å². The summed E-state index contributed by atoms with van der Waals surface area (Å²) < 4.78 is 2.16. The molecule has 0 saturated heterocycles. The zero-order chi connectivity index (χ0) is 11.3. The Bertz CT molecular complexity index is 280. The van der Waals surface area contributed by atoms with E-state index in [-0.39, 0.29) is 0 Å². The van der Waals surface area contributed by atoms with Gasteiger partial charge in [0.2, 0.25) is 0 Å². The topological polar surface area (TPSA) is 42.7 Å². The lowest BCUT2D eigenvalue weighted by atomic mass is 10.1. The molecular weight excluding hydrogens is 188 g/mol. The summed E-state index contributed by atoms with van der Waals surface area (Å²) >= 11 is 0. The van der Waals surface area contributed by atoms with Crippen LogP contribution in [0.4, 0.5) is 0 Å². The third-order valence-electron chi connectivity index (χ3n) is 2.35. The molecule has 0 aromatic carbocycles. The van der Waals surface area contributed by atoms with E-state index >= 15 is 0 Å². The molecule has 0 saturated carbocycles. The van der Waals surface area contributed by atoms with Crippen molar-refractivity contribution >= 4 is 0 Å². The van der Waals surface area contributed by atoms with E-state index in [0.29, 0.717) is 11.8 Å². The maximum absolute atomic E-state index is 4.20. The molecule has 1 unspecified atom stereocenters. The fourth-order valence-electron chi connectivity index (χ4n) is 1.63. The highest BCUT2D eigenvalue weighted by molar-refractivity contribution is 4.95. The molecule has 0 aliphatic heterocycles. The quantitative estimate of drug-likeness (QED) is 0.776. The summed E-state index contributed by atoms with van der Waals surface area (Å²) in [5, 5.41) is 11.5. The molecule has 1 aromatic rings. The molecule has 86 valence electrons. The van der Waals surface area contributed by atoms with Crippen LogP contribution in [0.5, 0.6) is 0 Å². The first kappa shape index (κ1) is 12.2. The summed E-state index contributed by atoms with van der Waals surface area (Å²) in [7, 11) is 0. The van der Waals surface area contributed by atoms with E-state index in [1.54, 1.807) is 0 Å². The average Bonchev–Trinajstić information content (AvgIpc) is 2.61. The predicted molar refractivity (Wildman–Crippen MR) is 61.8 cm³/mol. The van der Waals surface area contributed by atoms with Gasteiger partial charge >= 0.3 is 0 Å². The van der Waals surface area contributed by atoms with E-state index in [2.05, 4.69) is 47.8 Å². The van der Waals surface area contributed by atoms with Gasteiger partial charge < -0.3 is 9.88 Å². The highest BCUT2D eigenvalue weighted by Gasteiger charge is 2.12. The van der Waals surface area contributed by atoms with E-state index in [1.165, 1.54) is 0 Å². The second-order valence-electron chi connectivity index (χ2n) is 4.44. The van der Waals surface area contributed by atoms with Crippen LogP contribution in [0.15, 0.2) is 6.33 Å². The minimum Gasteiger partial charge on any atom is -0.317 e. The standard InChI is InChI=1S/C11H22N4/c1-5-12-6-10(4)11-14-13-8-15(11)7-9(2)3/h8-10,12H,5-7H2,1-4H3. The summed E-state index contributed by atoms with van der Waals surface area (Å²) in [5.74, 6) is 2.14. The van der Waals surface area contributed by atoms with Crippen molar-refractivity contribution < 1.29 is 0 Å². The van der Waals surface area contributed by atoms with Crippen LogP contribution in [0.3, 0.4) is 0 Å². The van der Waals surface area contributed by atoms with Crippen LogP contribution in [0.1, 0.15) is 39.4 Å². The van der Waals surface area contributed by atoms with Gasteiger partial charge in [0, 0.05) is 19.0 Å². The average molecular weight is 210 g/mol. The van der Waals surface area contributed by atoms with Gasteiger partial charge in [0.15, 0.2) is 0 Å². The zero-order valence-corrected chi connectivity index (χ0v) is 10.2. The second kappa shape index (κ2) is 5.85. The van der Waals surface area contributed by atoms with Crippen molar-refractivity contribution in [3.05, 3.63) is 12.2 Å². The van der Waals surface area contributed by atoms with Gasteiger partial charge in [-0.2, -0.15) is 0 Å². The lowest BCUT2D eigenvalue weighted by Crippen LogP contribution is -2.22. The highest BCUT2D eigenvalue weighted by atomic mass is 15.3. The summed E-state index contributed by atoms with van der Waals surface area (Å²) in [6.45, 7) is 11.7. The molecular formula is C11H22N4. The summed E-state index contributed by atoms with van der Waals surface area (Å²) in [5.41, 5.74) is 0. The molecule has 1 rings (SSSR count). The van der Waals surface area contributed by atoms with Crippen molar-refractivity contribution in [3.8, 4) is 0 Å². The van der Waals surface area contributed by atoms with E-state index in [4.69, 9.17) is 0 Å². The van der Waals surface area contributed by atoms with Crippen LogP contribution < -0.4 is 5.32 Å².